The summed E-state index contributed by atoms with van der Waals surface area (Å²) in [6, 6.07) is 4.38. The topological polar surface area (TPSA) is 51.4 Å². The zero-order chi connectivity index (χ0) is 19.3. The predicted octanol–water partition coefficient (Wildman–Crippen LogP) is 5.16. The van der Waals surface area contributed by atoms with Crippen molar-refractivity contribution in [1.29, 1.82) is 0 Å². The van der Waals surface area contributed by atoms with Crippen molar-refractivity contribution in [2.24, 2.45) is 10.3 Å². The predicted molar refractivity (Wildman–Crippen MR) is 108 cm³/mol. The molecule has 0 radical (unpaired) electrons. The standard InChI is InChI=1S/C18H22Cl2N2O2S2/c1-11-16(18(2,3)4)25-17(22(11)10-12-5-6-12)21-26(23,24)15-9-13(19)7-8-14(15)20/h7-9,12H,5-6,10H2,1-4H3. The summed E-state index contributed by atoms with van der Waals surface area (Å²) in [4.78, 5) is 1.58. The third-order valence-corrected chi connectivity index (χ3v) is 8.05. The Hall–Kier alpha value is -0.820. The lowest BCUT2D eigenvalue weighted by atomic mass is 9.93. The van der Waals surface area contributed by atoms with E-state index >= 15 is 0 Å². The molecule has 0 atom stereocenters. The first-order valence-corrected chi connectivity index (χ1v) is 11.5. The van der Waals surface area contributed by atoms with Crippen LogP contribution in [0.2, 0.25) is 10.0 Å². The summed E-state index contributed by atoms with van der Waals surface area (Å²) >= 11 is 13.5. The second-order valence-corrected chi connectivity index (χ2v) is 11.1. The Morgan fingerprint density at radius 1 is 1.27 bits per heavy atom. The number of aromatic nitrogens is 1. The molecule has 1 heterocycles. The van der Waals surface area contributed by atoms with Gasteiger partial charge >= 0.3 is 0 Å². The minimum atomic E-state index is -3.96. The summed E-state index contributed by atoms with van der Waals surface area (Å²) in [7, 11) is -3.96. The summed E-state index contributed by atoms with van der Waals surface area (Å²) in [6.45, 7) is 9.21. The van der Waals surface area contributed by atoms with E-state index in [0.717, 1.165) is 17.1 Å². The van der Waals surface area contributed by atoms with Crippen LogP contribution in [0.5, 0.6) is 0 Å². The first-order valence-electron chi connectivity index (χ1n) is 8.46. The van der Waals surface area contributed by atoms with E-state index < -0.39 is 10.0 Å². The zero-order valence-electron chi connectivity index (χ0n) is 15.2. The molecule has 0 N–H and O–H groups in total. The van der Waals surface area contributed by atoms with Crippen LogP contribution >= 0.6 is 34.5 Å². The van der Waals surface area contributed by atoms with Gasteiger partial charge < -0.3 is 4.57 Å². The molecule has 1 aromatic carbocycles. The molecule has 0 saturated heterocycles. The van der Waals surface area contributed by atoms with E-state index in [1.54, 1.807) is 6.07 Å². The third-order valence-electron chi connectivity index (χ3n) is 4.35. The average Bonchev–Trinajstić information content (AvgIpc) is 3.28. The molecule has 0 amide bonds. The fourth-order valence-electron chi connectivity index (χ4n) is 2.85. The molecule has 0 aliphatic heterocycles. The quantitative estimate of drug-likeness (QED) is 0.669. The molecule has 1 aromatic heterocycles. The van der Waals surface area contributed by atoms with Gasteiger partial charge in [0.05, 0.1) is 5.02 Å². The van der Waals surface area contributed by atoms with Crippen LogP contribution < -0.4 is 4.80 Å². The number of hydrogen-bond acceptors (Lipinski definition) is 3. The van der Waals surface area contributed by atoms with E-state index in [0.29, 0.717) is 15.7 Å². The molecular formula is C18H22Cl2N2O2S2. The number of halogens is 2. The summed E-state index contributed by atoms with van der Waals surface area (Å²) in [5, 5.41) is 0.433. The van der Waals surface area contributed by atoms with Crippen molar-refractivity contribution >= 4 is 44.6 Å². The molecule has 1 fully saturated rings. The maximum atomic E-state index is 12.9. The van der Waals surface area contributed by atoms with E-state index in [2.05, 4.69) is 25.2 Å². The van der Waals surface area contributed by atoms with Crippen LogP contribution in [0.4, 0.5) is 0 Å². The highest BCUT2D eigenvalue weighted by molar-refractivity contribution is 7.90. The molecule has 1 saturated carbocycles. The fraction of sp³-hybridized carbons (Fsp3) is 0.500. The number of rotatable bonds is 4. The highest BCUT2D eigenvalue weighted by atomic mass is 35.5. The fourth-order valence-corrected chi connectivity index (χ4v) is 6.00. The van der Waals surface area contributed by atoms with Crippen LogP contribution in [0, 0.1) is 12.8 Å². The summed E-state index contributed by atoms with van der Waals surface area (Å²) in [6.07, 6.45) is 2.36. The highest BCUT2D eigenvalue weighted by Gasteiger charge is 2.28. The lowest BCUT2D eigenvalue weighted by Crippen LogP contribution is -2.20. The minimum Gasteiger partial charge on any atom is -0.320 e. The lowest BCUT2D eigenvalue weighted by Gasteiger charge is -2.17. The smallest absolute Gasteiger partial charge is 0.286 e. The van der Waals surface area contributed by atoms with Gasteiger partial charge in [-0.15, -0.1) is 15.7 Å². The van der Waals surface area contributed by atoms with Crippen LogP contribution in [0.25, 0.3) is 0 Å². The Bertz CT molecular complexity index is 1010. The first-order chi connectivity index (χ1) is 12.0. The Morgan fingerprint density at radius 3 is 2.50 bits per heavy atom. The van der Waals surface area contributed by atoms with Crippen LogP contribution in [0.3, 0.4) is 0 Å². The number of benzene rings is 1. The minimum absolute atomic E-state index is 0.0620. The van der Waals surface area contributed by atoms with Crippen molar-refractivity contribution in [1.82, 2.24) is 4.57 Å². The maximum Gasteiger partial charge on any atom is 0.286 e. The molecule has 0 unspecified atom stereocenters. The van der Waals surface area contributed by atoms with Crippen molar-refractivity contribution < 1.29 is 8.42 Å². The Balaban J connectivity index is 2.19. The van der Waals surface area contributed by atoms with Crippen LogP contribution in [-0.2, 0) is 22.0 Å². The van der Waals surface area contributed by atoms with E-state index in [-0.39, 0.29) is 15.3 Å². The van der Waals surface area contributed by atoms with E-state index in [1.807, 2.05) is 11.5 Å². The SMILES string of the molecule is Cc1c(C(C)(C)C)sc(=NS(=O)(=O)c2cc(Cl)ccc2Cl)n1CC1CC1. The zero-order valence-corrected chi connectivity index (χ0v) is 18.4. The average molecular weight is 433 g/mol. The Kier molecular flexibility index (Phi) is 5.34. The molecule has 142 valence electrons. The van der Waals surface area contributed by atoms with Crippen molar-refractivity contribution in [3.8, 4) is 0 Å². The van der Waals surface area contributed by atoms with Gasteiger partial charge in [0.2, 0.25) is 4.80 Å². The molecule has 1 aliphatic carbocycles. The van der Waals surface area contributed by atoms with Gasteiger partial charge in [0.1, 0.15) is 4.90 Å². The van der Waals surface area contributed by atoms with Gasteiger partial charge in [0.25, 0.3) is 10.0 Å². The molecule has 1 aliphatic rings. The molecule has 26 heavy (non-hydrogen) atoms. The van der Waals surface area contributed by atoms with E-state index in [4.69, 9.17) is 23.2 Å². The molecule has 3 rings (SSSR count). The first kappa shape index (κ1) is 19.9. The number of thiazole rings is 1. The van der Waals surface area contributed by atoms with Crippen molar-refractivity contribution in [3.63, 3.8) is 0 Å². The van der Waals surface area contributed by atoms with Crippen molar-refractivity contribution in [3.05, 3.63) is 43.6 Å². The van der Waals surface area contributed by atoms with Crippen LogP contribution in [0.1, 0.15) is 44.2 Å². The normalized spacial score (nSPS) is 16.3. The van der Waals surface area contributed by atoms with Crippen molar-refractivity contribution in [2.75, 3.05) is 0 Å². The maximum absolute atomic E-state index is 12.9. The highest BCUT2D eigenvalue weighted by Crippen LogP contribution is 2.34. The summed E-state index contributed by atoms with van der Waals surface area (Å²) in [5.74, 6) is 0.604. The summed E-state index contributed by atoms with van der Waals surface area (Å²) < 4.78 is 32.0. The van der Waals surface area contributed by atoms with Gasteiger partial charge in [-0.1, -0.05) is 44.0 Å². The van der Waals surface area contributed by atoms with E-state index in [1.165, 1.54) is 36.3 Å². The molecule has 0 bridgehead atoms. The number of sulfonamides is 1. The van der Waals surface area contributed by atoms with Crippen LogP contribution in [-0.4, -0.2) is 13.0 Å². The van der Waals surface area contributed by atoms with Gasteiger partial charge in [0.15, 0.2) is 0 Å². The molecule has 0 spiro atoms. The molecule has 8 heteroatoms. The van der Waals surface area contributed by atoms with Crippen LogP contribution in [0.15, 0.2) is 27.5 Å². The van der Waals surface area contributed by atoms with E-state index in [9.17, 15) is 8.42 Å². The van der Waals surface area contributed by atoms with Crippen molar-refractivity contribution in [2.45, 2.75) is 57.4 Å². The summed E-state index contributed by atoms with van der Waals surface area (Å²) in [5.41, 5.74) is 1.01. The Labute approximate surface area is 168 Å². The number of nitrogens with zero attached hydrogens (tertiary/aromatic N) is 2. The van der Waals surface area contributed by atoms with Gasteiger partial charge in [-0.05, 0) is 49.3 Å². The second kappa shape index (κ2) is 6.97. The lowest BCUT2D eigenvalue weighted by molar-refractivity contribution is 0.562. The molecular weight excluding hydrogens is 411 g/mol. The molecule has 2 aromatic rings. The number of hydrogen-bond donors (Lipinski definition) is 0. The molecule has 4 nitrogen and oxygen atoms in total. The Morgan fingerprint density at radius 2 is 1.92 bits per heavy atom. The largest absolute Gasteiger partial charge is 0.320 e. The van der Waals surface area contributed by atoms with Gasteiger partial charge in [0, 0.05) is 22.1 Å². The van der Waals surface area contributed by atoms with Gasteiger partial charge in [-0.2, -0.15) is 8.42 Å². The van der Waals surface area contributed by atoms with Gasteiger partial charge in [-0.3, -0.25) is 0 Å². The van der Waals surface area contributed by atoms with Gasteiger partial charge in [-0.25, -0.2) is 0 Å². The second-order valence-electron chi connectivity index (χ2n) is 7.74. The third kappa shape index (κ3) is 4.19. The monoisotopic (exact) mass is 432 g/mol.